The molecule has 0 N–H and O–H groups in total. The third kappa shape index (κ3) is 5.74. The number of rotatable bonds is 3. The van der Waals surface area contributed by atoms with E-state index in [9.17, 15) is 0 Å². The van der Waals surface area contributed by atoms with Gasteiger partial charge in [0.25, 0.3) is 6.71 Å². The summed E-state index contributed by atoms with van der Waals surface area (Å²) in [5.41, 5.74) is 14.2. The highest BCUT2D eigenvalue weighted by Gasteiger charge is 2.45. The van der Waals surface area contributed by atoms with Crippen LogP contribution in [0.25, 0.3) is 54.5 Å². The Morgan fingerprint density at radius 1 is 0.429 bits per heavy atom. The molecule has 0 fully saturated rings. The minimum absolute atomic E-state index is 0.00760. The van der Waals surface area contributed by atoms with E-state index in [1.54, 1.807) is 12.7 Å². The summed E-state index contributed by atoms with van der Waals surface area (Å²) >= 11 is 0. The summed E-state index contributed by atoms with van der Waals surface area (Å²) in [4.78, 5) is 18.9. The lowest BCUT2D eigenvalue weighted by Gasteiger charge is -2.45. The number of anilines is 6. The molecule has 10 aromatic rings. The van der Waals surface area contributed by atoms with Crippen LogP contribution in [0.3, 0.4) is 0 Å². The van der Waals surface area contributed by atoms with E-state index in [1.807, 2.05) is 0 Å². The summed E-state index contributed by atoms with van der Waals surface area (Å²) in [7, 11) is 0. The van der Waals surface area contributed by atoms with Crippen LogP contribution in [0.1, 0.15) is 52.7 Å². The fourth-order valence-electron chi connectivity index (χ4n) is 10.4. The number of aromatic nitrogens is 3. The molecule has 0 aliphatic carbocycles. The predicted octanol–water partition coefficient (Wildman–Crippen LogP) is 12.8. The average Bonchev–Trinajstić information content (AvgIpc) is 3.30. The smallest absolute Gasteiger partial charge is 0.252 e. The lowest BCUT2D eigenvalue weighted by atomic mass is 9.33. The monoisotopic (exact) mass is 811 g/mol. The van der Waals surface area contributed by atoms with Gasteiger partial charge in [0.15, 0.2) is 5.82 Å². The van der Waals surface area contributed by atoms with Crippen molar-refractivity contribution in [3.8, 4) is 11.4 Å². The van der Waals surface area contributed by atoms with Crippen molar-refractivity contribution in [2.75, 3.05) is 9.80 Å². The van der Waals surface area contributed by atoms with Crippen LogP contribution in [0, 0.1) is 0 Å². The van der Waals surface area contributed by atoms with Gasteiger partial charge in [-0.1, -0.05) is 163 Å². The van der Waals surface area contributed by atoms with E-state index in [4.69, 9.17) is 9.97 Å². The van der Waals surface area contributed by atoms with Crippen molar-refractivity contribution in [1.82, 2.24) is 15.0 Å². The van der Waals surface area contributed by atoms with Crippen molar-refractivity contribution in [3.63, 3.8) is 0 Å². The molecule has 0 spiro atoms. The predicted molar refractivity (Wildman–Crippen MR) is 267 cm³/mol. The van der Waals surface area contributed by atoms with E-state index >= 15 is 0 Å². The molecule has 0 saturated heterocycles. The molecule has 0 amide bonds. The molecule has 2 aliphatic rings. The third-order valence-electron chi connectivity index (χ3n) is 13.6. The highest BCUT2D eigenvalue weighted by Crippen LogP contribution is 2.50. The Labute approximate surface area is 368 Å². The minimum Gasteiger partial charge on any atom is -0.311 e. The molecular weight excluding hydrogens is 765 g/mol. The van der Waals surface area contributed by atoms with Crippen molar-refractivity contribution in [1.29, 1.82) is 0 Å². The van der Waals surface area contributed by atoms with Gasteiger partial charge in [0.05, 0.1) is 0 Å². The second kappa shape index (κ2) is 13.6. The second-order valence-electron chi connectivity index (χ2n) is 19.4. The molecule has 5 nitrogen and oxygen atoms in total. The molecule has 0 bridgehead atoms. The van der Waals surface area contributed by atoms with Crippen LogP contribution >= 0.6 is 0 Å². The Balaban J connectivity index is 1.24. The van der Waals surface area contributed by atoms with Crippen molar-refractivity contribution in [3.05, 3.63) is 182 Å². The van der Waals surface area contributed by atoms with Gasteiger partial charge in [-0.25, -0.2) is 15.0 Å². The highest BCUT2D eigenvalue weighted by atomic mass is 15.2. The minimum atomic E-state index is -0.0747. The van der Waals surface area contributed by atoms with Gasteiger partial charge in [0.2, 0.25) is 0 Å². The maximum atomic E-state index is 4.78. The maximum absolute atomic E-state index is 4.78. The molecule has 1 aromatic heterocycles. The molecular formula is C57H46BN5. The van der Waals surface area contributed by atoms with E-state index in [0.29, 0.717) is 5.82 Å². The van der Waals surface area contributed by atoms with Gasteiger partial charge in [-0.2, -0.15) is 0 Å². The van der Waals surface area contributed by atoms with E-state index in [2.05, 4.69) is 214 Å². The first-order chi connectivity index (χ1) is 30.5. The van der Waals surface area contributed by atoms with Crippen molar-refractivity contribution in [2.45, 2.75) is 52.4 Å². The maximum Gasteiger partial charge on any atom is 0.252 e. The molecule has 0 unspecified atom stereocenters. The van der Waals surface area contributed by atoms with E-state index < -0.39 is 0 Å². The molecule has 302 valence electrons. The molecule has 2 aliphatic heterocycles. The molecule has 0 radical (unpaired) electrons. The van der Waals surface area contributed by atoms with Crippen molar-refractivity contribution < 1.29 is 0 Å². The van der Waals surface area contributed by atoms with Crippen molar-refractivity contribution >= 4 is 100 Å². The van der Waals surface area contributed by atoms with E-state index in [0.717, 1.165) is 28.3 Å². The molecule has 6 heteroatoms. The van der Waals surface area contributed by atoms with E-state index in [1.165, 1.54) is 82.0 Å². The lowest BCUT2D eigenvalue weighted by molar-refractivity contribution is 0.590. The second-order valence-corrected chi connectivity index (χ2v) is 19.4. The van der Waals surface area contributed by atoms with Gasteiger partial charge in [0, 0.05) is 50.5 Å². The number of fused-ring (bicyclic) bond motifs is 12. The Kier molecular flexibility index (Phi) is 8.08. The van der Waals surface area contributed by atoms with Gasteiger partial charge >= 0.3 is 0 Å². The molecule has 63 heavy (non-hydrogen) atoms. The Bertz CT molecular complexity index is 3270. The van der Waals surface area contributed by atoms with Gasteiger partial charge in [-0.15, -0.1) is 0 Å². The SMILES string of the molecule is CC(C)(C)c1ccc(N2c3cc(-c4ncncn4)cc4c3B(c3ccc5c(ccc6ccccc65)c32)c2ccc3c(ccc5ccccc53)c2N4c2ccc(C(C)(C)C)cc2)cc1. The third-order valence-corrected chi connectivity index (χ3v) is 13.6. The summed E-state index contributed by atoms with van der Waals surface area (Å²) < 4.78 is 0. The number of hydrogen-bond acceptors (Lipinski definition) is 5. The van der Waals surface area contributed by atoms with Crippen LogP contribution in [0.2, 0.25) is 0 Å². The standard InChI is InChI=1S/C57H46BN5/c1-56(2,3)38-17-21-40(22-18-38)62-50-31-37(55-60-33-59-34-61-55)32-51-52(50)58(48-29-27-44-42-13-9-7-11-35(42)15-25-46(44)53(48)62)49-30-28-45-43-14-10-8-12-36(43)16-26-47(45)54(49)63(51)41-23-19-39(20-24-41)57(4,5)6/h7-34H,1-6H3. The Hall–Kier alpha value is -7.31. The molecule has 0 atom stereocenters. The topological polar surface area (TPSA) is 45.2 Å². The lowest BCUT2D eigenvalue weighted by Crippen LogP contribution is -2.61. The van der Waals surface area contributed by atoms with Gasteiger partial charge in [0.1, 0.15) is 12.7 Å². The van der Waals surface area contributed by atoms with Crippen LogP contribution in [0.4, 0.5) is 34.1 Å². The molecule has 9 aromatic carbocycles. The fourth-order valence-corrected chi connectivity index (χ4v) is 10.4. The Morgan fingerprint density at radius 3 is 1.30 bits per heavy atom. The molecule has 3 heterocycles. The van der Waals surface area contributed by atoms with Gasteiger partial charge in [-0.05, 0) is 107 Å². The van der Waals surface area contributed by atoms with Crippen LogP contribution in [0.5, 0.6) is 0 Å². The normalized spacial score (nSPS) is 13.5. The van der Waals surface area contributed by atoms with Crippen LogP contribution in [-0.2, 0) is 10.8 Å². The number of benzene rings is 9. The summed E-state index contributed by atoms with van der Waals surface area (Å²) in [6.07, 6.45) is 3.20. The average molecular weight is 812 g/mol. The molecule has 0 saturated carbocycles. The number of nitrogens with zero attached hydrogens (tertiary/aromatic N) is 5. The fraction of sp³-hybridized carbons (Fsp3) is 0.140. The molecule has 12 rings (SSSR count). The summed E-state index contributed by atoms with van der Waals surface area (Å²) in [5, 5.41) is 9.88. The summed E-state index contributed by atoms with van der Waals surface area (Å²) in [5.74, 6) is 0.635. The Morgan fingerprint density at radius 2 is 0.857 bits per heavy atom. The first kappa shape index (κ1) is 37.5. The summed E-state index contributed by atoms with van der Waals surface area (Å²) in [6.45, 7) is 13.6. The van der Waals surface area contributed by atoms with Gasteiger partial charge in [-0.3, -0.25) is 0 Å². The quantitative estimate of drug-likeness (QED) is 0.131. The summed E-state index contributed by atoms with van der Waals surface area (Å²) in [6, 6.07) is 59.5. The largest absolute Gasteiger partial charge is 0.311 e. The zero-order chi connectivity index (χ0) is 42.8. The van der Waals surface area contributed by atoms with Crippen LogP contribution < -0.4 is 26.2 Å². The zero-order valence-corrected chi connectivity index (χ0v) is 36.5. The number of hydrogen-bond donors (Lipinski definition) is 0. The van der Waals surface area contributed by atoms with Gasteiger partial charge < -0.3 is 9.80 Å². The van der Waals surface area contributed by atoms with Crippen molar-refractivity contribution in [2.24, 2.45) is 0 Å². The zero-order valence-electron chi connectivity index (χ0n) is 36.5. The first-order valence-electron chi connectivity index (χ1n) is 22.0. The van der Waals surface area contributed by atoms with E-state index in [-0.39, 0.29) is 17.5 Å². The van der Waals surface area contributed by atoms with Crippen LogP contribution in [0.15, 0.2) is 170 Å². The highest BCUT2D eigenvalue weighted by molar-refractivity contribution is 7.00. The van der Waals surface area contributed by atoms with Crippen LogP contribution in [-0.4, -0.2) is 21.7 Å². The first-order valence-corrected chi connectivity index (χ1v) is 22.0.